The number of pyridine rings is 1. The zero-order chi connectivity index (χ0) is 14.7. The number of aryl methyl sites for hydroxylation is 1. The van der Waals surface area contributed by atoms with Gasteiger partial charge in [0.15, 0.2) is 0 Å². The van der Waals surface area contributed by atoms with Gasteiger partial charge < -0.3 is 14.6 Å². The molecule has 0 bridgehead atoms. The van der Waals surface area contributed by atoms with E-state index in [1.807, 2.05) is 23.2 Å². The number of rotatable bonds is 3. The second-order valence-corrected chi connectivity index (χ2v) is 5.44. The van der Waals surface area contributed by atoms with Crippen LogP contribution >= 0.6 is 0 Å². The summed E-state index contributed by atoms with van der Waals surface area (Å²) in [7, 11) is 0. The van der Waals surface area contributed by atoms with E-state index in [0.29, 0.717) is 11.6 Å². The fourth-order valence-electron chi connectivity index (χ4n) is 2.62. The normalized spacial score (nSPS) is 16.0. The molecule has 1 aliphatic heterocycles. The van der Waals surface area contributed by atoms with Crippen LogP contribution in [-0.2, 0) is 0 Å². The van der Waals surface area contributed by atoms with Gasteiger partial charge in [0.25, 0.3) is 5.91 Å². The molecule has 1 aliphatic rings. The number of carbonyl (C=O) groups is 1. The van der Waals surface area contributed by atoms with Crippen molar-refractivity contribution in [1.82, 2.24) is 9.88 Å². The zero-order valence-electron chi connectivity index (χ0n) is 12.1. The predicted octanol–water partition coefficient (Wildman–Crippen LogP) is 2.70. The van der Waals surface area contributed by atoms with Crippen LogP contribution in [0.4, 0.5) is 5.82 Å². The fourth-order valence-corrected chi connectivity index (χ4v) is 2.62. The van der Waals surface area contributed by atoms with Crippen molar-refractivity contribution in [3.05, 3.63) is 48.0 Å². The maximum Gasteiger partial charge on any atom is 0.257 e. The molecule has 5 heteroatoms. The second-order valence-electron chi connectivity index (χ2n) is 5.44. The Bertz CT molecular complexity index is 602. The number of nitrogens with one attached hydrogen (secondary N) is 1. The van der Waals surface area contributed by atoms with E-state index in [0.717, 1.165) is 31.7 Å². The minimum atomic E-state index is 0.0517. The molecule has 0 saturated carbocycles. The van der Waals surface area contributed by atoms with E-state index in [9.17, 15) is 4.79 Å². The lowest BCUT2D eigenvalue weighted by atomic mass is 10.0. The Labute approximate surface area is 124 Å². The summed E-state index contributed by atoms with van der Waals surface area (Å²) < 4.78 is 4.97. The summed E-state index contributed by atoms with van der Waals surface area (Å²) in [6.07, 6.45) is 6.71. The van der Waals surface area contributed by atoms with Crippen molar-refractivity contribution in [1.29, 1.82) is 0 Å². The molecular formula is C16H19N3O2. The molecule has 2 aromatic heterocycles. The molecule has 0 spiro atoms. The van der Waals surface area contributed by atoms with Crippen molar-refractivity contribution >= 4 is 11.7 Å². The highest BCUT2D eigenvalue weighted by molar-refractivity contribution is 5.93. The molecule has 0 unspecified atom stereocenters. The largest absolute Gasteiger partial charge is 0.472 e. The van der Waals surface area contributed by atoms with E-state index in [1.54, 1.807) is 6.07 Å². The molecule has 0 radical (unpaired) electrons. The number of piperidine rings is 1. The maximum absolute atomic E-state index is 12.2. The Balaban J connectivity index is 1.54. The highest BCUT2D eigenvalue weighted by atomic mass is 16.3. The van der Waals surface area contributed by atoms with Crippen LogP contribution in [0, 0.1) is 6.92 Å². The lowest BCUT2D eigenvalue weighted by Crippen LogP contribution is -2.42. The lowest BCUT2D eigenvalue weighted by Gasteiger charge is -2.32. The molecule has 1 amide bonds. The Kier molecular flexibility index (Phi) is 3.90. The van der Waals surface area contributed by atoms with Crippen LogP contribution in [0.15, 0.2) is 41.3 Å². The van der Waals surface area contributed by atoms with Gasteiger partial charge in [-0.05, 0) is 43.5 Å². The number of nitrogens with zero attached hydrogens (tertiary/aromatic N) is 2. The topological polar surface area (TPSA) is 58.4 Å². The first-order valence-electron chi connectivity index (χ1n) is 7.23. The van der Waals surface area contributed by atoms with Gasteiger partial charge in [0.2, 0.25) is 0 Å². The molecule has 0 atom stereocenters. The number of hydrogen-bond acceptors (Lipinski definition) is 4. The van der Waals surface area contributed by atoms with Crippen molar-refractivity contribution in [2.75, 3.05) is 18.4 Å². The molecule has 0 aromatic carbocycles. The molecule has 1 fully saturated rings. The van der Waals surface area contributed by atoms with E-state index in [2.05, 4.69) is 17.2 Å². The molecule has 1 saturated heterocycles. The van der Waals surface area contributed by atoms with Crippen LogP contribution in [0.25, 0.3) is 0 Å². The molecule has 2 aromatic rings. The van der Waals surface area contributed by atoms with Crippen LogP contribution in [0.5, 0.6) is 0 Å². The highest BCUT2D eigenvalue weighted by Gasteiger charge is 2.24. The summed E-state index contributed by atoms with van der Waals surface area (Å²) in [6, 6.07) is 6.11. The molecule has 0 aliphatic carbocycles. The summed E-state index contributed by atoms with van der Waals surface area (Å²) in [5.41, 5.74) is 1.82. The molecule has 5 nitrogen and oxygen atoms in total. The van der Waals surface area contributed by atoms with Gasteiger partial charge in [0.05, 0.1) is 11.8 Å². The van der Waals surface area contributed by atoms with Gasteiger partial charge in [-0.3, -0.25) is 4.79 Å². The van der Waals surface area contributed by atoms with E-state index in [1.165, 1.54) is 18.1 Å². The van der Waals surface area contributed by atoms with Gasteiger partial charge >= 0.3 is 0 Å². The van der Waals surface area contributed by atoms with Crippen molar-refractivity contribution < 1.29 is 9.21 Å². The number of carbonyl (C=O) groups excluding carboxylic acids is 1. The third-order valence-corrected chi connectivity index (χ3v) is 3.82. The number of amides is 1. The molecule has 1 N–H and O–H groups in total. The van der Waals surface area contributed by atoms with E-state index >= 15 is 0 Å². The number of likely N-dealkylation sites (tertiary alicyclic amines) is 1. The first-order chi connectivity index (χ1) is 10.2. The first kappa shape index (κ1) is 13.7. The SMILES string of the molecule is Cc1ccnc(NC2CCN(C(=O)c3ccoc3)CC2)c1. The van der Waals surface area contributed by atoms with Crippen LogP contribution in [-0.4, -0.2) is 34.9 Å². The monoisotopic (exact) mass is 285 g/mol. The summed E-state index contributed by atoms with van der Waals surface area (Å²) >= 11 is 0. The Morgan fingerprint density at radius 1 is 1.38 bits per heavy atom. The summed E-state index contributed by atoms with van der Waals surface area (Å²) in [4.78, 5) is 18.4. The van der Waals surface area contributed by atoms with Crippen LogP contribution < -0.4 is 5.32 Å². The molecular weight excluding hydrogens is 266 g/mol. The standard InChI is InChI=1S/C16H19N3O2/c1-12-2-6-17-15(10-12)18-14-3-7-19(8-4-14)16(20)13-5-9-21-11-13/h2,5-6,9-11,14H,3-4,7-8H2,1H3,(H,17,18). The Hall–Kier alpha value is -2.30. The number of aromatic nitrogens is 1. The number of anilines is 1. The zero-order valence-corrected chi connectivity index (χ0v) is 12.1. The molecule has 3 rings (SSSR count). The summed E-state index contributed by atoms with van der Waals surface area (Å²) in [6.45, 7) is 3.57. The van der Waals surface area contributed by atoms with E-state index < -0.39 is 0 Å². The lowest BCUT2D eigenvalue weighted by molar-refractivity contribution is 0.0717. The van der Waals surface area contributed by atoms with E-state index in [4.69, 9.17) is 4.42 Å². The van der Waals surface area contributed by atoms with Gasteiger partial charge in [0.1, 0.15) is 12.1 Å². The van der Waals surface area contributed by atoms with Crippen molar-refractivity contribution in [3.8, 4) is 0 Å². The minimum absolute atomic E-state index is 0.0517. The second kappa shape index (κ2) is 5.99. The Morgan fingerprint density at radius 2 is 2.19 bits per heavy atom. The third kappa shape index (κ3) is 3.24. The average molecular weight is 285 g/mol. The highest BCUT2D eigenvalue weighted by Crippen LogP contribution is 2.17. The number of hydrogen-bond donors (Lipinski definition) is 1. The van der Waals surface area contributed by atoms with Gasteiger partial charge in [-0.1, -0.05) is 0 Å². The van der Waals surface area contributed by atoms with Crippen LogP contribution in [0.1, 0.15) is 28.8 Å². The third-order valence-electron chi connectivity index (χ3n) is 3.82. The minimum Gasteiger partial charge on any atom is -0.472 e. The quantitative estimate of drug-likeness (QED) is 0.942. The fraction of sp³-hybridized carbons (Fsp3) is 0.375. The summed E-state index contributed by atoms with van der Waals surface area (Å²) in [5, 5.41) is 3.45. The maximum atomic E-state index is 12.2. The van der Waals surface area contributed by atoms with Gasteiger partial charge in [-0.2, -0.15) is 0 Å². The van der Waals surface area contributed by atoms with Gasteiger partial charge in [-0.25, -0.2) is 4.98 Å². The van der Waals surface area contributed by atoms with Crippen molar-refractivity contribution in [2.45, 2.75) is 25.8 Å². The predicted molar refractivity (Wildman–Crippen MR) is 80.2 cm³/mol. The summed E-state index contributed by atoms with van der Waals surface area (Å²) in [5.74, 6) is 0.963. The average Bonchev–Trinajstić information content (AvgIpc) is 3.01. The van der Waals surface area contributed by atoms with Crippen molar-refractivity contribution in [3.63, 3.8) is 0 Å². The molecule has 21 heavy (non-hydrogen) atoms. The molecule has 110 valence electrons. The molecule has 3 heterocycles. The first-order valence-corrected chi connectivity index (χ1v) is 7.23. The van der Waals surface area contributed by atoms with Gasteiger partial charge in [-0.15, -0.1) is 0 Å². The number of furan rings is 1. The van der Waals surface area contributed by atoms with Crippen LogP contribution in [0.3, 0.4) is 0 Å². The Morgan fingerprint density at radius 3 is 2.86 bits per heavy atom. The smallest absolute Gasteiger partial charge is 0.257 e. The van der Waals surface area contributed by atoms with E-state index in [-0.39, 0.29) is 5.91 Å². The van der Waals surface area contributed by atoms with Crippen molar-refractivity contribution in [2.24, 2.45) is 0 Å². The van der Waals surface area contributed by atoms with Crippen LogP contribution in [0.2, 0.25) is 0 Å². The van der Waals surface area contributed by atoms with Gasteiger partial charge in [0, 0.05) is 25.3 Å².